The van der Waals surface area contributed by atoms with Crippen molar-refractivity contribution in [3.8, 4) is 16.7 Å². The fraction of sp³-hybridized carbons (Fsp3) is 0.182. The van der Waals surface area contributed by atoms with Crippen LogP contribution in [-0.2, 0) is 0 Å². The number of aromatic nitrogens is 2. The fourth-order valence-corrected chi connectivity index (χ4v) is 1.86. The van der Waals surface area contributed by atoms with E-state index in [0.29, 0.717) is 16.8 Å². The summed E-state index contributed by atoms with van der Waals surface area (Å²) in [6, 6.07) is 4.54. The third kappa shape index (κ3) is 2.57. The Labute approximate surface area is 107 Å². The van der Waals surface area contributed by atoms with Crippen LogP contribution in [0.25, 0.3) is 0 Å². The topological polar surface area (TPSA) is 81.5 Å². The molecule has 0 saturated heterocycles. The Morgan fingerprint density at radius 2 is 2.22 bits per heavy atom. The second-order valence-electron chi connectivity index (χ2n) is 3.38. The van der Waals surface area contributed by atoms with Crippen molar-refractivity contribution in [3.63, 3.8) is 0 Å². The Bertz CT molecular complexity index is 582. The second kappa shape index (κ2) is 5.01. The highest BCUT2D eigenvalue weighted by molar-refractivity contribution is 7.07. The van der Waals surface area contributed by atoms with Crippen LogP contribution in [0.2, 0.25) is 0 Å². The predicted octanol–water partition coefficient (Wildman–Crippen LogP) is 2.35. The first-order chi connectivity index (χ1) is 8.60. The van der Waals surface area contributed by atoms with Crippen molar-refractivity contribution in [2.75, 3.05) is 7.11 Å². The van der Waals surface area contributed by atoms with Gasteiger partial charge in [-0.05, 0) is 25.1 Å². The first-order valence-corrected chi connectivity index (χ1v) is 5.77. The van der Waals surface area contributed by atoms with E-state index < -0.39 is 5.97 Å². The number of nitrogens with zero attached hydrogens (tertiary/aromatic N) is 2. The van der Waals surface area contributed by atoms with E-state index >= 15 is 0 Å². The lowest BCUT2D eigenvalue weighted by Gasteiger charge is -2.07. The van der Waals surface area contributed by atoms with E-state index in [2.05, 4.69) is 9.36 Å². The Morgan fingerprint density at radius 1 is 1.44 bits per heavy atom. The number of carboxylic acids is 1. The standard InChI is InChI=1S/C11H10N2O4S/c1-6-12-11(18-13-6)17-9-4-3-7(16-2)5-8(9)10(14)15/h3-5H,1-2H3,(H,14,15). The average Bonchev–Trinajstić information content (AvgIpc) is 2.75. The molecule has 0 aliphatic rings. The molecule has 1 aromatic heterocycles. The van der Waals surface area contributed by atoms with E-state index in [0.717, 1.165) is 11.5 Å². The van der Waals surface area contributed by atoms with Crippen LogP contribution in [0, 0.1) is 6.92 Å². The lowest BCUT2D eigenvalue weighted by Crippen LogP contribution is -2.00. The van der Waals surface area contributed by atoms with E-state index in [4.69, 9.17) is 14.6 Å². The molecule has 2 rings (SSSR count). The zero-order chi connectivity index (χ0) is 13.1. The van der Waals surface area contributed by atoms with Gasteiger partial charge in [0.1, 0.15) is 22.9 Å². The van der Waals surface area contributed by atoms with E-state index in [9.17, 15) is 4.79 Å². The molecular weight excluding hydrogens is 256 g/mol. The van der Waals surface area contributed by atoms with Crippen LogP contribution in [0.15, 0.2) is 18.2 Å². The summed E-state index contributed by atoms with van der Waals surface area (Å²) in [6.07, 6.45) is 0. The summed E-state index contributed by atoms with van der Waals surface area (Å²) in [5, 5.41) is 9.41. The number of carbonyl (C=O) groups is 1. The van der Waals surface area contributed by atoms with Gasteiger partial charge in [-0.25, -0.2) is 4.79 Å². The van der Waals surface area contributed by atoms with E-state index in [-0.39, 0.29) is 11.3 Å². The molecule has 0 bridgehead atoms. The summed E-state index contributed by atoms with van der Waals surface area (Å²) in [7, 11) is 1.47. The highest BCUT2D eigenvalue weighted by Gasteiger charge is 2.15. The van der Waals surface area contributed by atoms with Crippen molar-refractivity contribution in [3.05, 3.63) is 29.6 Å². The number of rotatable bonds is 4. The summed E-state index contributed by atoms with van der Waals surface area (Å²) >= 11 is 1.07. The number of hydrogen-bond acceptors (Lipinski definition) is 6. The summed E-state index contributed by atoms with van der Waals surface area (Å²) in [6.45, 7) is 1.73. The van der Waals surface area contributed by atoms with E-state index in [1.807, 2.05) is 0 Å². The SMILES string of the molecule is COc1ccc(Oc2nc(C)ns2)c(C(=O)O)c1. The van der Waals surface area contributed by atoms with Gasteiger partial charge in [-0.1, -0.05) is 0 Å². The van der Waals surface area contributed by atoms with Gasteiger partial charge in [0, 0.05) is 11.5 Å². The molecular formula is C11H10N2O4S. The predicted molar refractivity (Wildman–Crippen MR) is 64.7 cm³/mol. The summed E-state index contributed by atoms with van der Waals surface area (Å²) in [5.41, 5.74) is 0.0159. The maximum atomic E-state index is 11.1. The molecule has 1 heterocycles. The molecule has 6 nitrogen and oxygen atoms in total. The molecule has 94 valence electrons. The maximum Gasteiger partial charge on any atom is 0.339 e. The highest BCUT2D eigenvalue weighted by atomic mass is 32.1. The van der Waals surface area contributed by atoms with Crippen molar-refractivity contribution in [2.45, 2.75) is 6.92 Å². The monoisotopic (exact) mass is 266 g/mol. The van der Waals surface area contributed by atoms with Gasteiger partial charge >= 0.3 is 5.97 Å². The van der Waals surface area contributed by atoms with Crippen LogP contribution < -0.4 is 9.47 Å². The van der Waals surface area contributed by atoms with Crippen LogP contribution in [0.5, 0.6) is 16.7 Å². The van der Waals surface area contributed by atoms with Crippen LogP contribution in [-0.4, -0.2) is 27.5 Å². The van der Waals surface area contributed by atoms with Gasteiger partial charge in [0.05, 0.1) is 7.11 Å². The Hall–Kier alpha value is -2.15. The van der Waals surface area contributed by atoms with Crippen molar-refractivity contribution < 1.29 is 19.4 Å². The molecule has 0 saturated carbocycles. The van der Waals surface area contributed by atoms with Crippen LogP contribution in [0.4, 0.5) is 0 Å². The van der Waals surface area contributed by atoms with Crippen LogP contribution in [0.3, 0.4) is 0 Å². The Balaban J connectivity index is 2.34. The minimum absolute atomic E-state index is 0.0159. The van der Waals surface area contributed by atoms with Gasteiger partial charge in [0.25, 0.3) is 5.19 Å². The number of aryl methyl sites for hydroxylation is 1. The van der Waals surface area contributed by atoms with E-state index in [1.54, 1.807) is 13.0 Å². The molecule has 0 amide bonds. The minimum atomic E-state index is -1.09. The second-order valence-corrected chi connectivity index (χ2v) is 4.09. The molecule has 0 spiro atoms. The van der Waals surface area contributed by atoms with Crippen LogP contribution in [0.1, 0.15) is 16.2 Å². The molecule has 7 heteroatoms. The third-order valence-electron chi connectivity index (χ3n) is 2.12. The summed E-state index contributed by atoms with van der Waals surface area (Å²) in [5.74, 6) is 0.151. The highest BCUT2D eigenvalue weighted by Crippen LogP contribution is 2.29. The number of benzene rings is 1. The zero-order valence-electron chi connectivity index (χ0n) is 9.71. The molecule has 1 N–H and O–H groups in total. The average molecular weight is 266 g/mol. The smallest absolute Gasteiger partial charge is 0.339 e. The molecule has 18 heavy (non-hydrogen) atoms. The van der Waals surface area contributed by atoms with Crippen molar-refractivity contribution in [2.24, 2.45) is 0 Å². The Morgan fingerprint density at radius 3 is 2.78 bits per heavy atom. The van der Waals surface area contributed by atoms with E-state index in [1.165, 1.54) is 19.2 Å². The largest absolute Gasteiger partial charge is 0.497 e. The molecule has 2 aromatic rings. The molecule has 0 fully saturated rings. The molecule has 0 aliphatic carbocycles. The number of carboxylic acid groups (broad SMARTS) is 1. The lowest BCUT2D eigenvalue weighted by molar-refractivity contribution is 0.0693. The number of aromatic carboxylic acids is 1. The number of methoxy groups -OCH3 is 1. The number of ether oxygens (including phenoxy) is 2. The summed E-state index contributed by atoms with van der Waals surface area (Å²) in [4.78, 5) is 15.1. The molecule has 0 atom stereocenters. The number of hydrogen-bond donors (Lipinski definition) is 1. The lowest BCUT2D eigenvalue weighted by atomic mass is 10.2. The van der Waals surface area contributed by atoms with Crippen LogP contribution >= 0.6 is 11.5 Å². The summed E-state index contributed by atoms with van der Waals surface area (Å²) < 4.78 is 14.3. The fourth-order valence-electron chi connectivity index (χ4n) is 1.31. The van der Waals surface area contributed by atoms with Crippen molar-refractivity contribution in [1.29, 1.82) is 0 Å². The quantitative estimate of drug-likeness (QED) is 0.914. The van der Waals surface area contributed by atoms with Gasteiger partial charge in [-0.3, -0.25) is 0 Å². The normalized spacial score (nSPS) is 10.1. The maximum absolute atomic E-state index is 11.1. The molecule has 0 radical (unpaired) electrons. The first-order valence-electron chi connectivity index (χ1n) is 4.99. The zero-order valence-corrected chi connectivity index (χ0v) is 10.5. The van der Waals surface area contributed by atoms with Crippen molar-refractivity contribution >= 4 is 17.5 Å². The van der Waals surface area contributed by atoms with Gasteiger partial charge in [0.2, 0.25) is 0 Å². The van der Waals surface area contributed by atoms with Gasteiger partial charge < -0.3 is 14.6 Å². The Kier molecular flexibility index (Phi) is 3.42. The van der Waals surface area contributed by atoms with Gasteiger partial charge in [-0.2, -0.15) is 9.36 Å². The molecule has 1 aromatic carbocycles. The van der Waals surface area contributed by atoms with Gasteiger partial charge in [0.15, 0.2) is 0 Å². The first kappa shape index (κ1) is 12.3. The minimum Gasteiger partial charge on any atom is -0.497 e. The van der Waals surface area contributed by atoms with Crippen molar-refractivity contribution in [1.82, 2.24) is 9.36 Å². The van der Waals surface area contributed by atoms with Gasteiger partial charge in [-0.15, -0.1) is 0 Å². The molecule has 0 aliphatic heterocycles. The molecule has 0 unspecified atom stereocenters. The third-order valence-corrected chi connectivity index (χ3v) is 2.81.